The third-order valence-corrected chi connectivity index (χ3v) is 3.15. The van der Waals surface area contributed by atoms with E-state index in [0.717, 1.165) is 35.7 Å². The van der Waals surface area contributed by atoms with Gasteiger partial charge in [0.25, 0.3) is 5.56 Å². The monoisotopic (exact) mass is 253 g/mol. The molecular formula is C15H15N3O. The van der Waals surface area contributed by atoms with E-state index in [2.05, 4.69) is 10.3 Å². The molecule has 19 heavy (non-hydrogen) atoms. The van der Waals surface area contributed by atoms with E-state index in [1.807, 2.05) is 43.5 Å². The zero-order valence-corrected chi connectivity index (χ0v) is 10.8. The summed E-state index contributed by atoms with van der Waals surface area (Å²) in [6.07, 6.45) is 1.85. The van der Waals surface area contributed by atoms with Crippen LogP contribution in [-0.4, -0.2) is 23.5 Å². The number of hydrogen-bond donors (Lipinski definition) is 1. The van der Waals surface area contributed by atoms with Gasteiger partial charge in [0.2, 0.25) is 0 Å². The van der Waals surface area contributed by atoms with Gasteiger partial charge in [0.05, 0.1) is 6.54 Å². The first kappa shape index (κ1) is 11.7. The molecule has 4 nitrogen and oxygen atoms in total. The number of pyridine rings is 1. The van der Waals surface area contributed by atoms with E-state index in [-0.39, 0.29) is 5.56 Å². The van der Waals surface area contributed by atoms with Gasteiger partial charge in [0, 0.05) is 30.1 Å². The Morgan fingerprint density at radius 2 is 1.95 bits per heavy atom. The van der Waals surface area contributed by atoms with Crippen LogP contribution in [0.5, 0.6) is 0 Å². The molecule has 0 aliphatic carbocycles. The van der Waals surface area contributed by atoms with Crippen molar-refractivity contribution in [3.63, 3.8) is 0 Å². The Labute approximate surface area is 111 Å². The minimum atomic E-state index is -0.0188. The maximum Gasteiger partial charge on any atom is 0.255 e. The summed E-state index contributed by atoms with van der Waals surface area (Å²) < 4.78 is 1.66. The molecule has 96 valence electrons. The Balaban J connectivity index is 1.98. The second-order valence-corrected chi connectivity index (χ2v) is 4.62. The summed E-state index contributed by atoms with van der Waals surface area (Å²) in [5, 5.41) is 3.23. The number of benzene rings is 1. The van der Waals surface area contributed by atoms with E-state index in [1.54, 1.807) is 10.6 Å². The SMILES string of the molecule is Cc1ccc(=O)n(-c2ccc(C3=NCCN3)cc2)c1. The standard InChI is InChI=1S/C15H15N3O/c1-11-2-7-14(19)18(10-11)13-5-3-12(4-6-13)15-16-8-9-17-15/h2-7,10H,8-9H2,1H3,(H,16,17). The van der Waals surface area contributed by atoms with Crippen molar-refractivity contribution >= 4 is 5.84 Å². The quantitative estimate of drug-likeness (QED) is 0.881. The van der Waals surface area contributed by atoms with E-state index in [9.17, 15) is 4.79 Å². The average Bonchev–Trinajstić information content (AvgIpc) is 2.96. The predicted octanol–water partition coefficient (Wildman–Crippen LogP) is 1.50. The molecule has 0 saturated carbocycles. The van der Waals surface area contributed by atoms with Crippen molar-refractivity contribution in [3.8, 4) is 5.69 Å². The van der Waals surface area contributed by atoms with Crippen LogP contribution in [0.2, 0.25) is 0 Å². The highest BCUT2D eigenvalue weighted by Crippen LogP contribution is 2.10. The summed E-state index contributed by atoms with van der Waals surface area (Å²) in [5.74, 6) is 0.933. The molecule has 4 heteroatoms. The van der Waals surface area contributed by atoms with Crippen LogP contribution in [0, 0.1) is 6.92 Å². The molecular weight excluding hydrogens is 238 g/mol. The Kier molecular flexibility index (Phi) is 2.91. The molecule has 1 N–H and O–H groups in total. The predicted molar refractivity (Wildman–Crippen MR) is 76.2 cm³/mol. The zero-order valence-electron chi connectivity index (χ0n) is 10.8. The molecule has 2 heterocycles. The second kappa shape index (κ2) is 4.72. The lowest BCUT2D eigenvalue weighted by atomic mass is 10.2. The lowest BCUT2D eigenvalue weighted by Crippen LogP contribution is -2.20. The van der Waals surface area contributed by atoms with Crippen molar-refractivity contribution in [3.05, 3.63) is 64.1 Å². The van der Waals surface area contributed by atoms with Gasteiger partial charge in [0.1, 0.15) is 5.84 Å². The smallest absolute Gasteiger partial charge is 0.255 e. The van der Waals surface area contributed by atoms with Gasteiger partial charge < -0.3 is 5.32 Å². The number of aliphatic imine (C=N–C) groups is 1. The number of hydrogen-bond acceptors (Lipinski definition) is 3. The van der Waals surface area contributed by atoms with Crippen LogP contribution >= 0.6 is 0 Å². The molecule has 1 aliphatic heterocycles. The van der Waals surface area contributed by atoms with Gasteiger partial charge in [-0.05, 0) is 36.8 Å². The van der Waals surface area contributed by atoms with Crippen molar-refractivity contribution in [2.24, 2.45) is 4.99 Å². The Morgan fingerprint density at radius 3 is 2.63 bits per heavy atom. The molecule has 0 atom stereocenters. The Bertz CT molecular complexity index is 683. The third kappa shape index (κ3) is 2.29. The molecule has 0 spiro atoms. The van der Waals surface area contributed by atoms with Crippen LogP contribution in [0.25, 0.3) is 5.69 Å². The van der Waals surface area contributed by atoms with Crippen molar-refractivity contribution in [1.82, 2.24) is 9.88 Å². The normalized spacial score (nSPS) is 14.1. The molecule has 0 saturated heterocycles. The first-order valence-corrected chi connectivity index (χ1v) is 6.32. The van der Waals surface area contributed by atoms with E-state index in [0.29, 0.717) is 0 Å². The van der Waals surface area contributed by atoms with Gasteiger partial charge in [-0.25, -0.2) is 0 Å². The van der Waals surface area contributed by atoms with Crippen LogP contribution in [0.4, 0.5) is 0 Å². The molecule has 0 bridgehead atoms. The lowest BCUT2D eigenvalue weighted by Gasteiger charge is -2.08. The number of nitrogens with one attached hydrogen (secondary N) is 1. The highest BCUT2D eigenvalue weighted by atomic mass is 16.1. The summed E-state index contributed by atoms with van der Waals surface area (Å²) in [6, 6.07) is 11.3. The summed E-state index contributed by atoms with van der Waals surface area (Å²) >= 11 is 0. The Hall–Kier alpha value is -2.36. The van der Waals surface area contributed by atoms with Crippen LogP contribution in [0.15, 0.2) is 52.4 Å². The molecule has 1 aromatic carbocycles. The molecule has 2 aromatic rings. The molecule has 0 unspecified atom stereocenters. The molecule has 0 radical (unpaired) electrons. The molecule has 0 fully saturated rings. The van der Waals surface area contributed by atoms with Gasteiger partial charge in [-0.2, -0.15) is 0 Å². The maximum absolute atomic E-state index is 11.8. The third-order valence-electron chi connectivity index (χ3n) is 3.15. The number of amidine groups is 1. The Morgan fingerprint density at radius 1 is 1.16 bits per heavy atom. The second-order valence-electron chi connectivity index (χ2n) is 4.62. The topological polar surface area (TPSA) is 46.4 Å². The first-order chi connectivity index (χ1) is 9.24. The minimum Gasteiger partial charge on any atom is -0.368 e. The number of aryl methyl sites for hydroxylation is 1. The van der Waals surface area contributed by atoms with Crippen molar-refractivity contribution in [2.45, 2.75) is 6.92 Å². The first-order valence-electron chi connectivity index (χ1n) is 6.32. The van der Waals surface area contributed by atoms with Crippen LogP contribution in [0.3, 0.4) is 0 Å². The summed E-state index contributed by atoms with van der Waals surface area (Å²) in [7, 11) is 0. The number of rotatable bonds is 2. The molecule has 1 aromatic heterocycles. The summed E-state index contributed by atoms with van der Waals surface area (Å²) in [5.41, 5.74) is 2.97. The van der Waals surface area contributed by atoms with E-state index < -0.39 is 0 Å². The zero-order chi connectivity index (χ0) is 13.2. The summed E-state index contributed by atoms with van der Waals surface area (Å²) in [6.45, 7) is 3.70. The van der Waals surface area contributed by atoms with Gasteiger partial charge in [-0.15, -0.1) is 0 Å². The fourth-order valence-electron chi connectivity index (χ4n) is 2.17. The molecule has 3 rings (SSSR count). The van der Waals surface area contributed by atoms with Crippen LogP contribution in [0.1, 0.15) is 11.1 Å². The van der Waals surface area contributed by atoms with Crippen molar-refractivity contribution < 1.29 is 0 Å². The fourth-order valence-corrected chi connectivity index (χ4v) is 2.17. The van der Waals surface area contributed by atoms with E-state index >= 15 is 0 Å². The number of aromatic nitrogens is 1. The largest absolute Gasteiger partial charge is 0.368 e. The van der Waals surface area contributed by atoms with Crippen molar-refractivity contribution in [2.75, 3.05) is 13.1 Å². The highest BCUT2D eigenvalue weighted by molar-refractivity contribution is 5.99. The van der Waals surface area contributed by atoms with Gasteiger partial charge >= 0.3 is 0 Å². The minimum absolute atomic E-state index is 0.0188. The molecule has 1 aliphatic rings. The summed E-state index contributed by atoms with van der Waals surface area (Å²) in [4.78, 5) is 16.2. The fraction of sp³-hybridized carbons (Fsp3) is 0.200. The lowest BCUT2D eigenvalue weighted by molar-refractivity contribution is 0.959. The van der Waals surface area contributed by atoms with Gasteiger partial charge in [0.15, 0.2) is 0 Å². The van der Waals surface area contributed by atoms with Crippen LogP contribution < -0.4 is 10.9 Å². The van der Waals surface area contributed by atoms with E-state index in [1.165, 1.54) is 0 Å². The molecule has 0 amide bonds. The van der Waals surface area contributed by atoms with Crippen molar-refractivity contribution in [1.29, 1.82) is 0 Å². The number of nitrogens with zero attached hydrogens (tertiary/aromatic N) is 2. The maximum atomic E-state index is 11.8. The van der Waals surface area contributed by atoms with Gasteiger partial charge in [-0.1, -0.05) is 6.07 Å². The highest BCUT2D eigenvalue weighted by Gasteiger charge is 2.08. The van der Waals surface area contributed by atoms with E-state index in [4.69, 9.17) is 0 Å². The average molecular weight is 253 g/mol. The van der Waals surface area contributed by atoms with Crippen LogP contribution in [-0.2, 0) is 0 Å². The van der Waals surface area contributed by atoms with Gasteiger partial charge in [-0.3, -0.25) is 14.4 Å².